The van der Waals surface area contributed by atoms with Crippen molar-refractivity contribution in [1.82, 2.24) is 14.9 Å². The second-order valence-corrected chi connectivity index (χ2v) is 8.70. The Morgan fingerprint density at radius 2 is 1.97 bits per heavy atom. The molecule has 10 heteroatoms. The third kappa shape index (κ3) is 4.30. The molecule has 5 rings (SSSR count). The molecule has 33 heavy (non-hydrogen) atoms. The maximum atomic E-state index is 13.9. The van der Waals surface area contributed by atoms with E-state index in [1.807, 2.05) is 4.57 Å². The first-order chi connectivity index (χ1) is 15.9. The van der Waals surface area contributed by atoms with Crippen LogP contribution in [-0.2, 0) is 6.54 Å². The van der Waals surface area contributed by atoms with Crippen molar-refractivity contribution in [3.63, 3.8) is 0 Å². The van der Waals surface area contributed by atoms with Gasteiger partial charge in [0.1, 0.15) is 0 Å². The minimum atomic E-state index is -1.02. The molecule has 172 valence electrons. The van der Waals surface area contributed by atoms with E-state index < -0.39 is 16.6 Å². The van der Waals surface area contributed by atoms with Gasteiger partial charge in [0.05, 0.1) is 11.2 Å². The van der Waals surface area contributed by atoms with Gasteiger partial charge in [-0.1, -0.05) is 0 Å². The molecule has 0 unspecified atom stereocenters. The molecule has 1 aromatic carbocycles. The summed E-state index contributed by atoms with van der Waals surface area (Å²) in [4.78, 5) is 29.3. The summed E-state index contributed by atoms with van der Waals surface area (Å²) in [6.07, 6.45) is 7.01. The topological polar surface area (TPSA) is 93.3 Å². The molecular weight excluding hydrogens is 432 g/mol. The highest BCUT2D eigenvalue weighted by molar-refractivity contribution is 5.80. The number of piperidine rings is 1. The number of hydrogen-bond donors (Lipinski definition) is 1. The van der Waals surface area contributed by atoms with Crippen molar-refractivity contribution < 1.29 is 13.7 Å². The Balaban J connectivity index is 1.34. The van der Waals surface area contributed by atoms with Gasteiger partial charge in [-0.25, -0.2) is 8.78 Å². The molecule has 3 heterocycles. The number of benzene rings is 1. The third-order valence-electron chi connectivity index (χ3n) is 6.38. The molecule has 1 atom stereocenters. The number of fused-ring (bicyclic) bond motifs is 1. The summed E-state index contributed by atoms with van der Waals surface area (Å²) in [6.45, 7) is 1.80. The molecule has 0 spiro atoms. The zero-order valence-corrected chi connectivity index (χ0v) is 17.8. The summed E-state index contributed by atoms with van der Waals surface area (Å²) >= 11 is 0. The van der Waals surface area contributed by atoms with Crippen molar-refractivity contribution in [2.24, 2.45) is 0 Å². The molecule has 0 radical (unpaired) electrons. The average molecular weight is 455 g/mol. The number of halogens is 2. The lowest BCUT2D eigenvalue weighted by Crippen LogP contribution is -2.46. The summed E-state index contributed by atoms with van der Waals surface area (Å²) in [7, 11) is 0. The summed E-state index contributed by atoms with van der Waals surface area (Å²) in [5.41, 5.74) is 1.47. The Morgan fingerprint density at radius 1 is 1.18 bits per heavy atom. The number of aromatic nitrogens is 2. The summed E-state index contributed by atoms with van der Waals surface area (Å²) in [6, 6.07) is 5.50. The number of rotatable bonds is 6. The van der Waals surface area contributed by atoms with Crippen molar-refractivity contribution in [2.75, 3.05) is 18.0 Å². The van der Waals surface area contributed by atoms with Crippen LogP contribution in [-0.4, -0.2) is 33.6 Å². The second kappa shape index (κ2) is 8.51. The number of hydrogen-bond acceptors (Lipinski definition) is 6. The Hall–Kier alpha value is -3.40. The monoisotopic (exact) mass is 455 g/mol. The molecule has 1 saturated heterocycles. The van der Waals surface area contributed by atoms with E-state index in [0.29, 0.717) is 24.2 Å². The van der Waals surface area contributed by atoms with Gasteiger partial charge in [0, 0.05) is 61.0 Å². The number of nitrogens with one attached hydrogen (secondary N) is 1. The first kappa shape index (κ1) is 21.4. The third-order valence-corrected chi connectivity index (χ3v) is 6.38. The largest absolute Gasteiger partial charge is 0.367 e. The van der Waals surface area contributed by atoms with E-state index in [2.05, 4.69) is 15.2 Å². The van der Waals surface area contributed by atoms with Crippen LogP contribution in [0.25, 0.3) is 10.9 Å². The molecular formula is C23H23F2N5O3. The molecule has 2 aromatic heterocycles. The van der Waals surface area contributed by atoms with Crippen LogP contribution in [0.3, 0.4) is 0 Å². The molecule has 8 nitrogen and oxygen atoms in total. The van der Waals surface area contributed by atoms with E-state index >= 15 is 0 Å². The highest BCUT2D eigenvalue weighted by Gasteiger charge is 2.27. The summed E-state index contributed by atoms with van der Waals surface area (Å²) in [5, 5.41) is 14.5. The second-order valence-electron chi connectivity index (χ2n) is 8.70. The number of nitrogens with zero attached hydrogens (tertiary/aromatic N) is 4. The molecule has 1 N–H and O–H groups in total. The molecule has 3 aromatic rings. The van der Waals surface area contributed by atoms with Crippen molar-refractivity contribution in [3.8, 4) is 0 Å². The van der Waals surface area contributed by atoms with Gasteiger partial charge >= 0.3 is 5.82 Å². The van der Waals surface area contributed by atoms with E-state index in [1.54, 1.807) is 12.3 Å². The smallest absolute Gasteiger partial charge is 0.363 e. The van der Waals surface area contributed by atoms with E-state index in [-0.39, 0.29) is 28.7 Å². The first-order valence-electron chi connectivity index (χ1n) is 11.0. The number of pyridine rings is 2. The van der Waals surface area contributed by atoms with Gasteiger partial charge in [-0.05, 0) is 47.7 Å². The Bertz CT molecular complexity index is 1270. The number of nitro groups is 1. The zero-order chi connectivity index (χ0) is 23.1. The normalized spacial score (nSPS) is 18.6. The first-order valence-corrected chi connectivity index (χ1v) is 11.0. The van der Waals surface area contributed by atoms with Gasteiger partial charge in [-0.15, -0.1) is 0 Å². The molecule has 1 saturated carbocycles. The fraction of sp³-hybridized carbons (Fsp3) is 0.391. The van der Waals surface area contributed by atoms with Crippen LogP contribution < -0.4 is 15.6 Å². The van der Waals surface area contributed by atoms with Crippen LogP contribution in [0.2, 0.25) is 0 Å². The van der Waals surface area contributed by atoms with Crippen molar-refractivity contribution in [2.45, 2.75) is 44.3 Å². The van der Waals surface area contributed by atoms with E-state index in [0.717, 1.165) is 50.0 Å². The van der Waals surface area contributed by atoms with Crippen LogP contribution in [0, 0.1) is 21.7 Å². The van der Waals surface area contributed by atoms with Crippen molar-refractivity contribution >= 4 is 22.4 Å². The maximum absolute atomic E-state index is 13.9. The van der Waals surface area contributed by atoms with Gasteiger partial charge in [-0.2, -0.15) is 0 Å². The predicted molar refractivity (Wildman–Crippen MR) is 119 cm³/mol. The zero-order valence-electron chi connectivity index (χ0n) is 17.8. The van der Waals surface area contributed by atoms with E-state index in [1.165, 1.54) is 12.3 Å². The van der Waals surface area contributed by atoms with Gasteiger partial charge in [0.25, 0.3) is 0 Å². The Morgan fingerprint density at radius 3 is 2.67 bits per heavy atom. The fourth-order valence-electron chi connectivity index (χ4n) is 4.49. The lowest BCUT2D eigenvalue weighted by Gasteiger charge is -2.34. The lowest BCUT2D eigenvalue weighted by molar-refractivity contribution is -0.389. The highest BCUT2D eigenvalue weighted by atomic mass is 19.2. The molecule has 0 bridgehead atoms. The quantitative estimate of drug-likeness (QED) is 0.450. The molecule has 1 aliphatic carbocycles. The minimum Gasteiger partial charge on any atom is -0.367 e. The maximum Gasteiger partial charge on any atom is 0.363 e. The Kier molecular flexibility index (Phi) is 5.53. The van der Waals surface area contributed by atoms with Gasteiger partial charge in [0.2, 0.25) is 0 Å². The average Bonchev–Trinajstić information content (AvgIpc) is 3.66. The molecule has 2 fully saturated rings. The fourth-order valence-corrected chi connectivity index (χ4v) is 4.49. The SMILES string of the molecule is O=c1c(CN[C@H]2CCCN(c3ccc([N+](=O)[O-])nc3)C2)cn(C2CC2)c2cc(F)c(F)cc12. The van der Waals surface area contributed by atoms with Crippen LogP contribution in [0.4, 0.5) is 20.3 Å². The molecule has 2 aliphatic rings. The van der Waals surface area contributed by atoms with Crippen molar-refractivity contribution in [3.05, 3.63) is 74.2 Å². The molecule has 1 aliphatic heterocycles. The Labute approximate surface area is 188 Å². The van der Waals surface area contributed by atoms with Crippen LogP contribution >= 0.6 is 0 Å². The van der Waals surface area contributed by atoms with Gasteiger partial charge < -0.3 is 24.9 Å². The standard InChI is InChI=1S/C23H23F2N5O3/c24-19-8-18-21(9-20(19)25)29(16-3-4-16)12-14(23(18)31)10-26-15-2-1-7-28(13-15)17-5-6-22(27-11-17)30(32)33/h5-6,8-9,11-12,15-16,26H,1-4,7,10,13H2/t15-/m0/s1. The van der Waals surface area contributed by atoms with Gasteiger partial charge in [-0.3, -0.25) is 4.79 Å². The number of anilines is 1. The molecule has 0 amide bonds. The highest BCUT2D eigenvalue weighted by Crippen LogP contribution is 2.37. The lowest BCUT2D eigenvalue weighted by atomic mass is 10.0. The predicted octanol–water partition coefficient (Wildman–Crippen LogP) is 3.68. The van der Waals surface area contributed by atoms with Crippen molar-refractivity contribution in [1.29, 1.82) is 0 Å². The van der Waals surface area contributed by atoms with Crippen LogP contribution in [0.15, 0.2) is 41.5 Å². The summed E-state index contributed by atoms with van der Waals surface area (Å²) in [5.74, 6) is -2.16. The van der Waals surface area contributed by atoms with Crippen LogP contribution in [0.5, 0.6) is 0 Å². The van der Waals surface area contributed by atoms with E-state index in [9.17, 15) is 23.7 Å². The van der Waals surface area contributed by atoms with E-state index in [4.69, 9.17) is 0 Å². The van der Waals surface area contributed by atoms with Crippen LogP contribution in [0.1, 0.15) is 37.3 Å². The van der Waals surface area contributed by atoms with Gasteiger partial charge in [0.15, 0.2) is 23.3 Å². The summed E-state index contributed by atoms with van der Waals surface area (Å²) < 4.78 is 29.6. The minimum absolute atomic E-state index is 0.100.